The summed E-state index contributed by atoms with van der Waals surface area (Å²) in [6, 6.07) is 8.34. The molecule has 2 fully saturated rings. The van der Waals surface area contributed by atoms with E-state index in [0.29, 0.717) is 12.0 Å². The van der Waals surface area contributed by atoms with Crippen molar-refractivity contribution in [3.05, 3.63) is 48.0 Å². The van der Waals surface area contributed by atoms with Gasteiger partial charge in [0.05, 0.1) is 18.0 Å². The molecule has 1 N–H and O–H groups in total. The monoisotopic (exact) mass is 385 g/mol. The Morgan fingerprint density at radius 2 is 2.14 bits per heavy atom. The lowest BCUT2D eigenvalue weighted by atomic mass is 9.87. The fraction of sp³-hybridized carbons (Fsp3) is 0.524. The second-order valence-corrected chi connectivity index (χ2v) is 7.69. The molecule has 1 aromatic heterocycles. The molecular formula is C21H28FN5O. The van der Waals surface area contributed by atoms with Crippen molar-refractivity contribution < 1.29 is 9.13 Å². The molecule has 0 amide bonds. The first-order valence-electron chi connectivity index (χ1n) is 10.1. The number of aromatic nitrogens is 2. The number of ether oxygens (including phenoxy) is 1. The fourth-order valence-electron chi connectivity index (χ4n) is 4.02. The Balaban J connectivity index is 1.36. The number of nitrogens with one attached hydrogen (secondary N) is 1. The van der Waals surface area contributed by atoms with Crippen LogP contribution in [0.4, 0.5) is 4.39 Å². The van der Waals surface area contributed by atoms with Gasteiger partial charge in [-0.1, -0.05) is 0 Å². The average molecular weight is 385 g/mol. The van der Waals surface area contributed by atoms with E-state index in [0.717, 1.165) is 63.0 Å². The van der Waals surface area contributed by atoms with Crippen LogP contribution in [-0.4, -0.2) is 60.0 Å². The molecule has 0 bridgehead atoms. The Hall–Kier alpha value is -2.41. The van der Waals surface area contributed by atoms with E-state index in [1.165, 1.54) is 18.6 Å². The zero-order chi connectivity index (χ0) is 19.4. The highest BCUT2D eigenvalue weighted by molar-refractivity contribution is 5.80. The van der Waals surface area contributed by atoms with Gasteiger partial charge in [-0.2, -0.15) is 5.10 Å². The maximum Gasteiger partial charge on any atom is 0.193 e. The molecule has 6 nitrogen and oxygen atoms in total. The van der Waals surface area contributed by atoms with Crippen LogP contribution in [-0.2, 0) is 11.2 Å². The highest BCUT2D eigenvalue weighted by atomic mass is 19.1. The third kappa shape index (κ3) is 4.19. The summed E-state index contributed by atoms with van der Waals surface area (Å²) in [6.45, 7) is 7.47. The van der Waals surface area contributed by atoms with Crippen molar-refractivity contribution in [2.24, 2.45) is 10.4 Å². The maximum atomic E-state index is 13.1. The number of aliphatic imine (C=N–C) groups is 1. The summed E-state index contributed by atoms with van der Waals surface area (Å²) < 4.78 is 20.5. The van der Waals surface area contributed by atoms with Crippen molar-refractivity contribution in [3.8, 4) is 5.69 Å². The van der Waals surface area contributed by atoms with Crippen LogP contribution in [0.2, 0.25) is 0 Å². The van der Waals surface area contributed by atoms with Gasteiger partial charge in [-0.05, 0) is 50.1 Å². The molecule has 2 aliphatic heterocycles. The van der Waals surface area contributed by atoms with E-state index in [2.05, 4.69) is 22.2 Å². The normalized spacial score (nSPS) is 22.4. The summed E-state index contributed by atoms with van der Waals surface area (Å²) in [6.07, 6.45) is 5.01. The van der Waals surface area contributed by atoms with Gasteiger partial charge < -0.3 is 15.0 Å². The first-order valence-corrected chi connectivity index (χ1v) is 10.1. The summed E-state index contributed by atoms with van der Waals surface area (Å²) in [5.74, 6) is 0.749. The number of hydrogen-bond donors (Lipinski definition) is 1. The molecule has 0 saturated carbocycles. The second-order valence-electron chi connectivity index (χ2n) is 7.69. The molecule has 3 heterocycles. The van der Waals surface area contributed by atoms with Crippen LogP contribution < -0.4 is 5.32 Å². The Kier molecular flexibility index (Phi) is 5.62. The smallest absolute Gasteiger partial charge is 0.193 e. The molecule has 1 atom stereocenters. The van der Waals surface area contributed by atoms with Gasteiger partial charge in [-0.25, -0.2) is 9.07 Å². The molecule has 7 heteroatoms. The van der Waals surface area contributed by atoms with Gasteiger partial charge in [0.1, 0.15) is 5.82 Å². The molecule has 150 valence electrons. The van der Waals surface area contributed by atoms with Gasteiger partial charge in [-0.15, -0.1) is 0 Å². The standard InChI is InChI=1S/C21H28FN5O/c1-2-23-20(26-13-9-21(15-26)10-14-28-16-21)24-11-7-18-8-12-27(25-18)19-5-3-17(22)4-6-19/h3-6,8,12H,2,7,9-11,13-16H2,1H3,(H,23,24). The van der Waals surface area contributed by atoms with Crippen LogP contribution >= 0.6 is 0 Å². The van der Waals surface area contributed by atoms with Gasteiger partial charge in [0.25, 0.3) is 0 Å². The van der Waals surface area contributed by atoms with Gasteiger partial charge in [0, 0.05) is 50.8 Å². The van der Waals surface area contributed by atoms with Crippen LogP contribution in [0.25, 0.3) is 5.69 Å². The first kappa shape index (κ1) is 18.9. The minimum atomic E-state index is -0.241. The largest absolute Gasteiger partial charge is 0.381 e. The molecule has 1 spiro atoms. The number of halogens is 1. The van der Waals surface area contributed by atoms with Crippen LogP contribution in [0, 0.1) is 11.2 Å². The van der Waals surface area contributed by atoms with E-state index in [1.54, 1.807) is 16.8 Å². The highest BCUT2D eigenvalue weighted by Gasteiger charge is 2.42. The number of benzene rings is 1. The zero-order valence-electron chi connectivity index (χ0n) is 16.4. The summed E-state index contributed by atoms with van der Waals surface area (Å²) in [7, 11) is 0. The number of rotatable bonds is 5. The lowest BCUT2D eigenvalue weighted by molar-refractivity contribution is 0.156. The highest BCUT2D eigenvalue weighted by Crippen LogP contribution is 2.38. The minimum Gasteiger partial charge on any atom is -0.381 e. The average Bonchev–Trinajstić information content (AvgIpc) is 3.45. The lowest BCUT2D eigenvalue weighted by Crippen LogP contribution is -2.41. The van der Waals surface area contributed by atoms with E-state index in [1.807, 2.05) is 12.3 Å². The van der Waals surface area contributed by atoms with E-state index < -0.39 is 0 Å². The minimum absolute atomic E-state index is 0.241. The topological polar surface area (TPSA) is 54.7 Å². The quantitative estimate of drug-likeness (QED) is 0.635. The van der Waals surface area contributed by atoms with Gasteiger partial charge in [0.2, 0.25) is 0 Å². The Labute approximate surface area is 165 Å². The summed E-state index contributed by atoms with van der Waals surface area (Å²) in [5.41, 5.74) is 2.15. The van der Waals surface area contributed by atoms with Crippen LogP contribution in [0.15, 0.2) is 41.5 Å². The molecule has 1 unspecified atom stereocenters. The van der Waals surface area contributed by atoms with Crippen molar-refractivity contribution in [1.82, 2.24) is 20.0 Å². The SMILES string of the molecule is CCNC(=NCCc1ccn(-c2ccc(F)cc2)n1)N1CCC2(CCOC2)C1. The van der Waals surface area contributed by atoms with Gasteiger partial charge in [-0.3, -0.25) is 4.99 Å². The summed E-state index contributed by atoms with van der Waals surface area (Å²) in [4.78, 5) is 7.20. The van der Waals surface area contributed by atoms with Gasteiger partial charge in [0.15, 0.2) is 5.96 Å². The third-order valence-electron chi connectivity index (χ3n) is 5.62. The van der Waals surface area contributed by atoms with E-state index in [9.17, 15) is 4.39 Å². The molecule has 2 saturated heterocycles. The third-order valence-corrected chi connectivity index (χ3v) is 5.62. The molecule has 2 aromatic rings. The maximum absolute atomic E-state index is 13.1. The Morgan fingerprint density at radius 3 is 2.89 bits per heavy atom. The van der Waals surface area contributed by atoms with Gasteiger partial charge >= 0.3 is 0 Å². The Bertz CT molecular complexity index is 810. The van der Waals surface area contributed by atoms with Crippen molar-refractivity contribution in [3.63, 3.8) is 0 Å². The van der Waals surface area contributed by atoms with Crippen molar-refractivity contribution >= 4 is 5.96 Å². The number of guanidine groups is 1. The predicted molar refractivity (Wildman–Crippen MR) is 107 cm³/mol. The number of hydrogen-bond acceptors (Lipinski definition) is 3. The molecule has 1 aromatic carbocycles. The van der Waals surface area contributed by atoms with Crippen molar-refractivity contribution in [1.29, 1.82) is 0 Å². The van der Waals surface area contributed by atoms with E-state index in [-0.39, 0.29) is 5.82 Å². The molecule has 2 aliphatic rings. The molecule has 4 rings (SSSR count). The predicted octanol–water partition coefficient (Wildman–Crippen LogP) is 2.63. The van der Waals surface area contributed by atoms with Crippen LogP contribution in [0.3, 0.4) is 0 Å². The Morgan fingerprint density at radius 1 is 1.29 bits per heavy atom. The van der Waals surface area contributed by atoms with Crippen molar-refractivity contribution in [2.75, 3.05) is 39.4 Å². The number of nitrogens with zero attached hydrogens (tertiary/aromatic N) is 4. The molecule has 0 radical (unpaired) electrons. The van der Waals surface area contributed by atoms with Crippen LogP contribution in [0.5, 0.6) is 0 Å². The second kappa shape index (κ2) is 8.31. The lowest BCUT2D eigenvalue weighted by Gasteiger charge is -2.24. The first-order chi connectivity index (χ1) is 13.7. The zero-order valence-corrected chi connectivity index (χ0v) is 16.4. The number of likely N-dealkylation sites (tertiary alicyclic amines) is 1. The molecular weight excluding hydrogens is 357 g/mol. The molecule has 0 aliphatic carbocycles. The van der Waals surface area contributed by atoms with E-state index >= 15 is 0 Å². The molecule has 28 heavy (non-hydrogen) atoms. The fourth-order valence-corrected chi connectivity index (χ4v) is 4.02. The summed E-state index contributed by atoms with van der Waals surface area (Å²) >= 11 is 0. The summed E-state index contributed by atoms with van der Waals surface area (Å²) in [5, 5.41) is 8.01. The van der Waals surface area contributed by atoms with E-state index in [4.69, 9.17) is 9.73 Å². The van der Waals surface area contributed by atoms with Crippen molar-refractivity contribution in [2.45, 2.75) is 26.2 Å². The van der Waals surface area contributed by atoms with Crippen LogP contribution in [0.1, 0.15) is 25.5 Å².